The highest BCUT2D eigenvalue weighted by Crippen LogP contribution is 2.39. The molecule has 1 aliphatic rings. The summed E-state index contributed by atoms with van der Waals surface area (Å²) in [4.78, 5) is 16.2. The van der Waals surface area contributed by atoms with Crippen molar-refractivity contribution >= 4 is 5.91 Å². The van der Waals surface area contributed by atoms with Crippen LogP contribution in [0, 0.1) is 6.92 Å². The number of carbonyl (C=O) groups is 1. The van der Waals surface area contributed by atoms with Crippen molar-refractivity contribution < 1.29 is 23.1 Å². The quantitative estimate of drug-likeness (QED) is 0.897. The predicted octanol–water partition coefficient (Wildman–Crippen LogP) is 2.31. The first-order chi connectivity index (χ1) is 9.62. The van der Waals surface area contributed by atoms with Crippen molar-refractivity contribution in [1.82, 2.24) is 10.3 Å². The molecule has 1 amide bonds. The Bertz CT molecular complexity index is 552. The number of hydrogen-bond acceptors (Lipinski definition) is 3. The van der Waals surface area contributed by atoms with Crippen LogP contribution in [0.4, 0.5) is 13.2 Å². The van der Waals surface area contributed by atoms with Crippen molar-refractivity contribution in [3.63, 3.8) is 0 Å². The third-order valence-electron chi connectivity index (χ3n) is 3.55. The number of rotatable bonds is 4. The van der Waals surface area contributed by atoms with Crippen LogP contribution in [0.2, 0.25) is 0 Å². The van der Waals surface area contributed by atoms with Gasteiger partial charge in [0.05, 0.1) is 17.8 Å². The topological polar surface area (TPSA) is 62.2 Å². The van der Waals surface area contributed by atoms with Gasteiger partial charge in [0.25, 0.3) is 5.91 Å². The summed E-state index contributed by atoms with van der Waals surface area (Å²) in [6.07, 6.45) is -2.65. The Kier molecular flexibility index (Phi) is 3.97. The zero-order chi connectivity index (χ0) is 15.8. The van der Waals surface area contributed by atoms with E-state index in [0.717, 1.165) is 18.5 Å². The normalized spacial score (nSPS) is 18.2. The molecule has 1 fully saturated rings. The molecule has 7 heteroatoms. The van der Waals surface area contributed by atoms with E-state index in [1.54, 1.807) is 19.1 Å². The van der Waals surface area contributed by atoms with Gasteiger partial charge in [-0.05, 0) is 38.8 Å². The highest BCUT2D eigenvalue weighted by molar-refractivity contribution is 5.95. The van der Waals surface area contributed by atoms with Gasteiger partial charge in [0.1, 0.15) is 0 Å². The molecular weight excluding hydrogens is 285 g/mol. The van der Waals surface area contributed by atoms with Crippen molar-refractivity contribution in [2.24, 2.45) is 0 Å². The number of aliphatic hydroxyl groups is 1. The fourth-order valence-corrected chi connectivity index (χ4v) is 1.87. The van der Waals surface area contributed by atoms with Gasteiger partial charge >= 0.3 is 6.18 Å². The summed E-state index contributed by atoms with van der Waals surface area (Å²) in [5.41, 5.74) is -1.36. The van der Waals surface area contributed by atoms with Gasteiger partial charge in [-0.25, -0.2) is 0 Å². The maximum Gasteiger partial charge on any atom is 0.418 e. The summed E-state index contributed by atoms with van der Waals surface area (Å²) < 4.78 is 37.5. The number of pyridine rings is 1. The number of halogens is 3. The summed E-state index contributed by atoms with van der Waals surface area (Å²) in [6.45, 7) is 1.36. The number of hydrogen-bond donors (Lipinski definition) is 2. The van der Waals surface area contributed by atoms with Crippen LogP contribution in [0.5, 0.6) is 0 Å². The number of amides is 1. The van der Waals surface area contributed by atoms with Crippen LogP contribution in [0.25, 0.3) is 0 Å². The summed E-state index contributed by atoms with van der Waals surface area (Å²) in [7, 11) is 0. The Labute approximate surface area is 120 Å². The summed E-state index contributed by atoms with van der Waals surface area (Å²) in [5, 5.41) is 11.4. The number of nitrogens with zero attached hydrogens (tertiary/aromatic N) is 1. The number of aryl methyl sites for hydroxylation is 1. The monoisotopic (exact) mass is 302 g/mol. The molecule has 0 aliphatic heterocycles. The third-order valence-corrected chi connectivity index (χ3v) is 3.55. The standard InChI is InChI=1S/C14H17F3N2O2/c1-8-10(5-6-11(19-8)9-3-4-9)12(20)18-7-13(2,21)14(15,16)17/h5-6,9,21H,3-4,7H2,1-2H3,(H,18,20)/t13-/m0/s1. The predicted molar refractivity (Wildman–Crippen MR) is 70.0 cm³/mol. The molecule has 21 heavy (non-hydrogen) atoms. The van der Waals surface area contributed by atoms with E-state index < -0.39 is 24.2 Å². The van der Waals surface area contributed by atoms with Gasteiger partial charge in [0, 0.05) is 11.6 Å². The first-order valence-corrected chi connectivity index (χ1v) is 6.66. The lowest BCUT2D eigenvalue weighted by Crippen LogP contribution is -2.51. The summed E-state index contributed by atoms with van der Waals surface area (Å²) in [5.74, 6) is -0.237. The van der Waals surface area contributed by atoms with Crippen LogP contribution in [0.3, 0.4) is 0 Å². The number of aromatic nitrogens is 1. The molecule has 0 bridgehead atoms. The molecule has 1 aromatic heterocycles. The van der Waals surface area contributed by atoms with Crippen molar-refractivity contribution in [3.05, 3.63) is 29.1 Å². The van der Waals surface area contributed by atoms with Crippen molar-refractivity contribution in [1.29, 1.82) is 0 Å². The summed E-state index contributed by atoms with van der Waals surface area (Å²) in [6, 6.07) is 3.29. The Balaban J connectivity index is 2.04. The fourth-order valence-electron chi connectivity index (χ4n) is 1.87. The van der Waals surface area contributed by atoms with Crippen LogP contribution in [-0.4, -0.2) is 34.3 Å². The van der Waals surface area contributed by atoms with Gasteiger partial charge in [-0.15, -0.1) is 0 Å². The SMILES string of the molecule is Cc1nc(C2CC2)ccc1C(=O)NC[C@](C)(O)C(F)(F)F. The second-order valence-corrected chi connectivity index (χ2v) is 5.60. The van der Waals surface area contributed by atoms with E-state index in [9.17, 15) is 23.1 Å². The van der Waals surface area contributed by atoms with Crippen LogP contribution in [-0.2, 0) is 0 Å². The van der Waals surface area contributed by atoms with E-state index in [0.29, 0.717) is 18.5 Å². The minimum absolute atomic E-state index is 0.220. The Hall–Kier alpha value is -1.63. The minimum Gasteiger partial charge on any atom is -0.379 e. The van der Waals surface area contributed by atoms with E-state index in [1.165, 1.54) is 0 Å². The number of nitrogens with one attached hydrogen (secondary N) is 1. The summed E-state index contributed by atoms with van der Waals surface area (Å²) >= 11 is 0. The van der Waals surface area contributed by atoms with Crippen molar-refractivity contribution in [2.45, 2.75) is 44.4 Å². The van der Waals surface area contributed by atoms with Gasteiger partial charge in [0.15, 0.2) is 5.60 Å². The molecular formula is C14H17F3N2O2. The third kappa shape index (κ3) is 3.53. The van der Waals surface area contributed by atoms with E-state index in [4.69, 9.17) is 0 Å². The second kappa shape index (κ2) is 5.29. The van der Waals surface area contributed by atoms with Crippen LogP contribution >= 0.6 is 0 Å². The van der Waals surface area contributed by atoms with E-state index >= 15 is 0 Å². The molecule has 1 atom stereocenters. The van der Waals surface area contributed by atoms with Crippen molar-refractivity contribution in [3.8, 4) is 0 Å². The molecule has 0 unspecified atom stereocenters. The van der Waals surface area contributed by atoms with E-state index in [-0.39, 0.29) is 5.56 Å². The molecule has 1 heterocycles. The molecule has 0 radical (unpaired) electrons. The maximum atomic E-state index is 12.5. The van der Waals surface area contributed by atoms with Gasteiger partial charge in [-0.2, -0.15) is 13.2 Å². The molecule has 1 aliphatic carbocycles. The van der Waals surface area contributed by atoms with E-state index in [2.05, 4.69) is 10.3 Å². The highest BCUT2D eigenvalue weighted by Gasteiger charge is 2.49. The van der Waals surface area contributed by atoms with E-state index in [1.807, 2.05) is 0 Å². The molecule has 1 aromatic rings. The molecule has 0 saturated heterocycles. The minimum atomic E-state index is -4.80. The van der Waals surface area contributed by atoms with Gasteiger partial charge in [-0.3, -0.25) is 9.78 Å². The zero-order valence-electron chi connectivity index (χ0n) is 11.8. The Morgan fingerprint density at radius 2 is 2.05 bits per heavy atom. The second-order valence-electron chi connectivity index (χ2n) is 5.60. The lowest BCUT2D eigenvalue weighted by atomic mass is 10.1. The van der Waals surface area contributed by atoms with Crippen LogP contribution in [0.15, 0.2) is 12.1 Å². The lowest BCUT2D eigenvalue weighted by Gasteiger charge is -2.26. The van der Waals surface area contributed by atoms with Gasteiger partial charge < -0.3 is 10.4 Å². The zero-order valence-corrected chi connectivity index (χ0v) is 11.8. The Morgan fingerprint density at radius 3 is 2.52 bits per heavy atom. The first-order valence-electron chi connectivity index (χ1n) is 6.66. The Morgan fingerprint density at radius 1 is 1.43 bits per heavy atom. The molecule has 1 saturated carbocycles. The molecule has 116 valence electrons. The van der Waals surface area contributed by atoms with Gasteiger partial charge in [-0.1, -0.05) is 0 Å². The molecule has 4 nitrogen and oxygen atoms in total. The average Bonchev–Trinajstić information content (AvgIpc) is 3.18. The highest BCUT2D eigenvalue weighted by atomic mass is 19.4. The molecule has 2 rings (SSSR count). The molecule has 0 aromatic carbocycles. The average molecular weight is 302 g/mol. The molecule has 0 spiro atoms. The van der Waals surface area contributed by atoms with Crippen LogP contribution < -0.4 is 5.32 Å². The van der Waals surface area contributed by atoms with Crippen molar-refractivity contribution in [2.75, 3.05) is 6.54 Å². The largest absolute Gasteiger partial charge is 0.418 e. The van der Waals surface area contributed by atoms with Crippen LogP contribution in [0.1, 0.15) is 47.4 Å². The first kappa shape index (κ1) is 15.8. The number of alkyl halides is 3. The smallest absolute Gasteiger partial charge is 0.379 e. The maximum absolute atomic E-state index is 12.5. The van der Waals surface area contributed by atoms with Gasteiger partial charge in [0.2, 0.25) is 0 Å². The fraction of sp³-hybridized carbons (Fsp3) is 0.571. The number of carbonyl (C=O) groups excluding carboxylic acids is 1. The lowest BCUT2D eigenvalue weighted by molar-refractivity contribution is -0.249. The molecule has 2 N–H and O–H groups in total.